The lowest BCUT2D eigenvalue weighted by atomic mass is 9.95. The number of hydrogen-bond acceptors (Lipinski definition) is 2. The number of thiophene rings is 1. The largest absolute Gasteiger partial charge is 0.310 e. The highest BCUT2D eigenvalue weighted by Crippen LogP contribution is 2.31. The van der Waals surface area contributed by atoms with Crippen LogP contribution in [0.3, 0.4) is 0 Å². The third-order valence-electron chi connectivity index (χ3n) is 3.80. The van der Waals surface area contributed by atoms with E-state index in [0.29, 0.717) is 0 Å². The molecular weight excluding hydrogens is 274 g/mol. The maximum atomic E-state index is 5.46. The summed E-state index contributed by atoms with van der Waals surface area (Å²) in [6.07, 6.45) is 9.25. The number of nitrogens with one attached hydrogen (secondary N) is 1. The predicted octanol–water partition coefficient (Wildman–Crippen LogP) is 4.33. The smallest absolute Gasteiger partial charge is 0.0532 e. The Bertz CT molecular complexity index is 662. The number of rotatable bonds is 6. The summed E-state index contributed by atoms with van der Waals surface area (Å²) in [6.45, 7) is 6.07. The fourth-order valence-corrected chi connectivity index (χ4v) is 3.47. The minimum Gasteiger partial charge on any atom is -0.310 e. The number of terminal acetylenes is 1. The van der Waals surface area contributed by atoms with Crippen molar-refractivity contribution in [1.29, 1.82) is 0 Å². The molecule has 0 saturated carbocycles. The minimum absolute atomic E-state index is 0.0364. The molecule has 0 spiro atoms. The van der Waals surface area contributed by atoms with Crippen LogP contribution in [-0.2, 0) is 12.0 Å². The molecule has 0 bridgehead atoms. The van der Waals surface area contributed by atoms with Gasteiger partial charge in [-0.1, -0.05) is 24.1 Å². The van der Waals surface area contributed by atoms with Crippen LogP contribution >= 0.6 is 11.3 Å². The molecular formula is C19H21NS. The number of hydrogen-bond donors (Lipinski definition) is 1. The highest BCUT2D eigenvalue weighted by molar-refractivity contribution is 7.10. The fraction of sp³-hybridized carbons (Fsp3) is 0.263. The van der Waals surface area contributed by atoms with E-state index in [0.717, 1.165) is 18.4 Å². The van der Waals surface area contributed by atoms with Crippen LogP contribution < -0.4 is 5.32 Å². The van der Waals surface area contributed by atoms with Crippen molar-refractivity contribution in [2.45, 2.75) is 25.3 Å². The molecule has 1 N–H and O–H groups in total. The molecule has 2 heteroatoms. The first kappa shape index (κ1) is 15.6. The Balaban J connectivity index is 2.20. The monoisotopic (exact) mass is 295 g/mol. The van der Waals surface area contributed by atoms with Gasteiger partial charge in [0.15, 0.2) is 0 Å². The van der Waals surface area contributed by atoms with Gasteiger partial charge in [-0.25, -0.2) is 0 Å². The quantitative estimate of drug-likeness (QED) is 0.618. The van der Waals surface area contributed by atoms with E-state index in [9.17, 15) is 0 Å². The summed E-state index contributed by atoms with van der Waals surface area (Å²) in [5, 5.41) is 5.64. The summed E-state index contributed by atoms with van der Waals surface area (Å²) in [7, 11) is 2.00. The summed E-state index contributed by atoms with van der Waals surface area (Å²) < 4.78 is 0. The SMILES string of the molecule is C#Cc1cccc(Cc2csc([C@](C)(CC=C)NC)c2)c1. The third-order valence-corrected chi connectivity index (χ3v) is 5.05. The van der Waals surface area contributed by atoms with Gasteiger partial charge in [0.1, 0.15) is 0 Å². The van der Waals surface area contributed by atoms with E-state index in [1.54, 1.807) is 11.3 Å². The molecule has 0 amide bonds. The van der Waals surface area contributed by atoms with Crippen LogP contribution in [0.1, 0.15) is 34.9 Å². The second kappa shape index (κ2) is 6.76. The van der Waals surface area contributed by atoms with Crippen molar-refractivity contribution in [3.8, 4) is 12.3 Å². The topological polar surface area (TPSA) is 12.0 Å². The zero-order valence-corrected chi connectivity index (χ0v) is 13.5. The zero-order chi connectivity index (χ0) is 15.3. The Hall–Kier alpha value is -1.82. The van der Waals surface area contributed by atoms with Crippen molar-refractivity contribution in [3.63, 3.8) is 0 Å². The molecule has 21 heavy (non-hydrogen) atoms. The van der Waals surface area contributed by atoms with Gasteiger partial charge in [0.05, 0.1) is 5.54 Å². The van der Waals surface area contributed by atoms with Crippen LogP contribution in [0.4, 0.5) is 0 Å². The van der Waals surface area contributed by atoms with E-state index < -0.39 is 0 Å². The van der Waals surface area contributed by atoms with Crippen molar-refractivity contribution < 1.29 is 0 Å². The van der Waals surface area contributed by atoms with Gasteiger partial charge in [-0.15, -0.1) is 24.3 Å². The van der Waals surface area contributed by atoms with Crippen LogP contribution in [0.5, 0.6) is 0 Å². The first-order valence-corrected chi connectivity index (χ1v) is 7.92. The lowest BCUT2D eigenvalue weighted by Gasteiger charge is -2.26. The van der Waals surface area contributed by atoms with Gasteiger partial charge in [-0.05, 0) is 61.5 Å². The standard InChI is InChI=1S/C19H21NS/c1-5-10-19(3,20-4)18-13-17(14-21-18)12-16-9-7-8-15(6-2)11-16/h2,5,7-9,11,13-14,20H,1,10,12H2,3-4H3/t19-/m0/s1. The molecule has 1 aromatic heterocycles. The van der Waals surface area contributed by atoms with Crippen LogP contribution in [0.15, 0.2) is 48.4 Å². The average Bonchev–Trinajstić information content (AvgIpc) is 2.96. The lowest BCUT2D eigenvalue weighted by Crippen LogP contribution is -2.35. The first-order valence-electron chi connectivity index (χ1n) is 7.04. The maximum Gasteiger partial charge on any atom is 0.0532 e. The van der Waals surface area contributed by atoms with E-state index >= 15 is 0 Å². The maximum absolute atomic E-state index is 5.46. The Morgan fingerprint density at radius 1 is 1.38 bits per heavy atom. The Labute approximate surface area is 131 Å². The molecule has 0 radical (unpaired) electrons. The molecule has 0 saturated heterocycles. The zero-order valence-electron chi connectivity index (χ0n) is 12.6. The average molecular weight is 295 g/mol. The Morgan fingerprint density at radius 3 is 2.86 bits per heavy atom. The summed E-state index contributed by atoms with van der Waals surface area (Å²) in [4.78, 5) is 1.34. The van der Waals surface area contributed by atoms with Crippen molar-refractivity contribution in [2.24, 2.45) is 0 Å². The Morgan fingerprint density at radius 2 is 2.19 bits per heavy atom. The molecule has 1 nitrogen and oxygen atoms in total. The van der Waals surface area contributed by atoms with E-state index in [1.165, 1.54) is 16.0 Å². The summed E-state index contributed by atoms with van der Waals surface area (Å²) in [6, 6.07) is 10.5. The molecule has 2 aromatic rings. The fourth-order valence-electron chi connectivity index (χ4n) is 2.38. The minimum atomic E-state index is -0.0364. The third kappa shape index (κ3) is 3.64. The number of benzene rings is 1. The van der Waals surface area contributed by atoms with Gasteiger partial charge < -0.3 is 5.32 Å². The van der Waals surface area contributed by atoms with Crippen LogP contribution in [0.25, 0.3) is 0 Å². The van der Waals surface area contributed by atoms with Crippen molar-refractivity contribution >= 4 is 11.3 Å². The van der Waals surface area contributed by atoms with Crippen LogP contribution in [0.2, 0.25) is 0 Å². The molecule has 0 unspecified atom stereocenters. The second-order valence-corrected chi connectivity index (χ2v) is 6.33. The van der Waals surface area contributed by atoms with Gasteiger partial charge in [-0.3, -0.25) is 0 Å². The summed E-state index contributed by atoms with van der Waals surface area (Å²) in [5.74, 6) is 2.69. The highest BCUT2D eigenvalue weighted by atomic mass is 32.1. The van der Waals surface area contributed by atoms with Gasteiger partial charge >= 0.3 is 0 Å². The molecule has 0 aliphatic carbocycles. The van der Waals surface area contributed by atoms with Crippen molar-refractivity contribution in [3.05, 3.63) is 69.9 Å². The van der Waals surface area contributed by atoms with Crippen LogP contribution in [-0.4, -0.2) is 7.05 Å². The highest BCUT2D eigenvalue weighted by Gasteiger charge is 2.24. The molecule has 1 atom stereocenters. The summed E-state index contributed by atoms with van der Waals surface area (Å²) >= 11 is 1.80. The molecule has 2 rings (SSSR count). The lowest BCUT2D eigenvalue weighted by molar-refractivity contribution is 0.413. The van der Waals surface area contributed by atoms with Gasteiger partial charge in [-0.2, -0.15) is 0 Å². The van der Waals surface area contributed by atoms with Gasteiger partial charge in [0.25, 0.3) is 0 Å². The van der Waals surface area contributed by atoms with Gasteiger partial charge in [0, 0.05) is 10.4 Å². The molecule has 1 aromatic carbocycles. The molecule has 0 aliphatic heterocycles. The first-order chi connectivity index (χ1) is 10.1. The Kier molecular flexibility index (Phi) is 5.01. The molecule has 0 fully saturated rings. The van der Waals surface area contributed by atoms with E-state index in [1.807, 2.05) is 25.3 Å². The molecule has 1 heterocycles. The van der Waals surface area contributed by atoms with Crippen molar-refractivity contribution in [1.82, 2.24) is 5.32 Å². The van der Waals surface area contributed by atoms with E-state index in [4.69, 9.17) is 6.42 Å². The van der Waals surface area contributed by atoms with Gasteiger partial charge in [0.2, 0.25) is 0 Å². The van der Waals surface area contributed by atoms with E-state index in [2.05, 4.69) is 48.3 Å². The van der Waals surface area contributed by atoms with E-state index in [-0.39, 0.29) is 5.54 Å². The van der Waals surface area contributed by atoms with Crippen LogP contribution in [0, 0.1) is 12.3 Å². The molecule has 108 valence electrons. The second-order valence-electron chi connectivity index (χ2n) is 5.42. The summed E-state index contributed by atoms with van der Waals surface area (Å²) in [5.41, 5.74) is 3.49. The normalized spacial score (nSPS) is 13.4. The van der Waals surface area contributed by atoms with Crippen molar-refractivity contribution in [2.75, 3.05) is 7.05 Å². The molecule has 0 aliphatic rings. The predicted molar refractivity (Wildman–Crippen MR) is 92.7 cm³/mol.